The second-order valence-corrected chi connectivity index (χ2v) is 7.23. The normalized spacial score (nSPS) is 19.9. The number of hydrogen-bond acceptors (Lipinski definition) is 9. The highest BCUT2D eigenvalue weighted by Crippen LogP contribution is 2.33. The summed E-state index contributed by atoms with van der Waals surface area (Å²) in [7, 11) is 1.55. The molecule has 156 valence electrons. The molecule has 0 bridgehead atoms. The van der Waals surface area contributed by atoms with Gasteiger partial charge in [0.2, 0.25) is 11.7 Å². The summed E-state index contributed by atoms with van der Waals surface area (Å²) in [6, 6.07) is 12.6. The van der Waals surface area contributed by atoms with E-state index in [1.165, 1.54) is 5.01 Å². The van der Waals surface area contributed by atoms with Gasteiger partial charge in [-0.05, 0) is 36.8 Å². The summed E-state index contributed by atoms with van der Waals surface area (Å²) < 4.78 is 10.5. The summed E-state index contributed by atoms with van der Waals surface area (Å²) >= 11 is 0. The lowest BCUT2D eigenvalue weighted by atomic mass is 10.1. The van der Waals surface area contributed by atoms with E-state index in [0.29, 0.717) is 17.3 Å². The molecule has 2 aromatic carbocycles. The van der Waals surface area contributed by atoms with Crippen molar-refractivity contribution in [2.45, 2.75) is 25.6 Å². The minimum Gasteiger partial charge on any atom is -0.497 e. The van der Waals surface area contributed by atoms with E-state index in [2.05, 4.69) is 20.5 Å². The van der Waals surface area contributed by atoms with Gasteiger partial charge < -0.3 is 9.26 Å². The molecule has 0 radical (unpaired) electrons. The zero-order valence-electron chi connectivity index (χ0n) is 16.8. The van der Waals surface area contributed by atoms with Gasteiger partial charge in [0, 0.05) is 5.56 Å². The quantitative estimate of drug-likeness (QED) is 0.585. The maximum atomic E-state index is 13.1. The van der Waals surface area contributed by atoms with Crippen LogP contribution in [0.15, 0.2) is 63.4 Å². The van der Waals surface area contributed by atoms with E-state index in [4.69, 9.17) is 9.26 Å². The molecule has 2 aliphatic rings. The Balaban J connectivity index is 1.36. The van der Waals surface area contributed by atoms with Crippen LogP contribution in [0, 0.1) is 6.92 Å². The van der Waals surface area contributed by atoms with Crippen LogP contribution < -0.4 is 9.64 Å². The number of methoxy groups -OCH3 is 1. The van der Waals surface area contributed by atoms with E-state index in [0.717, 1.165) is 16.0 Å². The van der Waals surface area contributed by atoms with Gasteiger partial charge in [-0.2, -0.15) is 10.1 Å². The molecule has 0 aliphatic carbocycles. The Kier molecular flexibility index (Phi) is 4.46. The van der Waals surface area contributed by atoms with Crippen LogP contribution in [0.5, 0.6) is 5.75 Å². The second kappa shape index (κ2) is 7.31. The third-order valence-electron chi connectivity index (χ3n) is 5.34. The van der Waals surface area contributed by atoms with Crippen molar-refractivity contribution in [1.29, 1.82) is 0 Å². The first-order chi connectivity index (χ1) is 15.1. The van der Waals surface area contributed by atoms with Crippen molar-refractivity contribution < 1.29 is 18.8 Å². The lowest BCUT2D eigenvalue weighted by Gasteiger charge is -2.19. The largest absolute Gasteiger partial charge is 0.497 e. The summed E-state index contributed by atoms with van der Waals surface area (Å²) in [5.41, 5.74) is 2.33. The molecular weight excluding hydrogens is 400 g/mol. The summed E-state index contributed by atoms with van der Waals surface area (Å²) in [6.45, 7) is 2.03. The van der Waals surface area contributed by atoms with Gasteiger partial charge in [0.05, 0.1) is 12.8 Å². The summed E-state index contributed by atoms with van der Waals surface area (Å²) in [6.07, 6.45) is 0. The van der Waals surface area contributed by atoms with E-state index in [1.807, 2.05) is 31.2 Å². The molecule has 10 heteroatoms. The van der Waals surface area contributed by atoms with E-state index in [1.54, 1.807) is 31.4 Å². The zero-order valence-corrected chi connectivity index (χ0v) is 16.8. The lowest BCUT2D eigenvalue weighted by Crippen LogP contribution is -2.39. The first kappa shape index (κ1) is 18.9. The van der Waals surface area contributed by atoms with Crippen LogP contribution in [0.4, 0.5) is 5.69 Å². The van der Waals surface area contributed by atoms with Crippen LogP contribution in [0.3, 0.4) is 0 Å². The molecule has 0 saturated carbocycles. The number of aryl methyl sites for hydroxylation is 1. The average molecular weight is 418 g/mol. The van der Waals surface area contributed by atoms with Crippen molar-refractivity contribution in [3.05, 3.63) is 60.0 Å². The Morgan fingerprint density at radius 2 is 1.84 bits per heavy atom. The van der Waals surface area contributed by atoms with E-state index < -0.39 is 23.9 Å². The highest BCUT2D eigenvalue weighted by molar-refractivity contribution is 6.25. The van der Waals surface area contributed by atoms with Crippen LogP contribution >= 0.6 is 0 Å². The molecule has 1 aromatic heterocycles. The predicted octanol–water partition coefficient (Wildman–Crippen LogP) is 2.55. The number of benzene rings is 2. The molecule has 3 heterocycles. The van der Waals surface area contributed by atoms with Crippen LogP contribution in [0.25, 0.3) is 11.4 Å². The molecule has 0 N–H and O–H groups in total. The third kappa shape index (κ3) is 3.12. The van der Waals surface area contributed by atoms with Crippen molar-refractivity contribution in [3.63, 3.8) is 0 Å². The summed E-state index contributed by atoms with van der Waals surface area (Å²) in [5.74, 6) is 0.544. The average Bonchev–Trinajstić information content (AvgIpc) is 3.47. The number of hydrogen-bond donors (Lipinski definition) is 0. The molecule has 0 spiro atoms. The molecule has 5 rings (SSSR count). The Bertz CT molecular complexity index is 1190. The summed E-state index contributed by atoms with van der Waals surface area (Å²) in [5, 5.41) is 13.5. The molecule has 3 aromatic rings. The van der Waals surface area contributed by atoms with Gasteiger partial charge in [-0.1, -0.05) is 34.6 Å². The number of carbonyl (C=O) groups is 2. The minimum atomic E-state index is -0.895. The Morgan fingerprint density at radius 1 is 1.06 bits per heavy atom. The Morgan fingerprint density at radius 3 is 2.58 bits per heavy atom. The highest BCUT2D eigenvalue weighted by Gasteiger charge is 2.55. The molecule has 31 heavy (non-hydrogen) atoms. The standard InChI is InChI=1S/C21H18N6O4/c1-12-5-3-4-6-15(12)19-22-16(31-24-19)11-26-18-17(23-25-26)20(28)27(21(18)29)13-7-9-14(30-2)10-8-13/h3-10,17-18H,11H2,1-2H3/t17-,18-/m0/s1. The number of imide groups is 1. The van der Waals surface area contributed by atoms with Gasteiger partial charge in [-0.25, -0.2) is 4.90 Å². The monoisotopic (exact) mass is 418 g/mol. The summed E-state index contributed by atoms with van der Waals surface area (Å²) in [4.78, 5) is 31.4. The smallest absolute Gasteiger partial charge is 0.263 e. The fourth-order valence-corrected chi connectivity index (χ4v) is 3.73. The topological polar surface area (TPSA) is 113 Å². The molecule has 2 amide bonds. The lowest BCUT2D eigenvalue weighted by molar-refractivity contribution is -0.123. The molecule has 1 saturated heterocycles. The maximum absolute atomic E-state index is 13.1. The first-order valence-electron chi connectivity index (χ1n) is 9.64. The Labute approximate surface area is 177 Å². The van der Waals surface area contributed by atoms with Gasteiger partial charge in [-0.15, -0.1) is 0 Å². The number of amides is 2. The molecule has 0 unspecified atom stereocenters. The fraction of sp³-hybridized carbons (Fsp3) is 0.238. The maximum Gasteiger partial charge on any atom is 0.263 e. The van der Waals surface area contributed by atoms with Crippen molar-refractivity contribution in [3.8, 4) is 17.1 Å². The number of fused-ring (bicyclic) bond motifs is 1. The number of aromatic nitrogens is 2. The van der Waals surface area contributed by atoms with Crippen LogP contribution in [0.2, 0.25) is 0 Å². The molecule has 10 nitrogen and oxygen atoms in total. The predicted molar refractivity (Wildman–Crippen MR) is 108 cm³/mol. The van der Waals surface area contributed by atoms with Crippen molar-refractivity contribution in [1.82, 2.24) is 15.1 Å². The SMILES string of the molecule is COc1ccc(N2C(=O)[C@H]3N=NN(Cc4nc(-c5ccccc5C)no4)[C@@H]3C2=O)cc1. The van der Waals surface area contributed by atoms with Gasteiger partial charge in [0.25, 0.3) is 11.8 Å². The van der Waals surface area contributed by atoms with Gasteiger partial charge in [-0.3, -0.25) is 14.6 Å². The van der Waals surface area contributed by atoms with Crippen LogP contribution in [-0.2, 0) is 16.1 Å². The number of ether oxygens (including phenoxy) is 1. The zero-order chi connectivity index (χ0) is 21.5. The number of rotatable bonds is 5. The molecule has 2 atom stereocenters. The molecule has 2 aliphatic heterocycles. The first-order valence-corrected chi connectivity index (χ1v) is 9.64. The fourth-order valence-electron chi connectivity index (χ4n) is 3.73. The highest BCUT2D eigenvalue weighted by atomic mass is 16.5. The van der Waals surface area contributed by atoms with Crippen molar-refractivity contribution in [2.75, 3.05) is 12.0 Å². The van der Waals surface area contributed by atoms with Gasteiger partial charge in [0.1, 0.15) is 12.3 Å². The van der Waals surface area contributed by atoms with Gasteiger partial charge >= 0.3 is 0 Å². The Hall–Kier alpha value is -4.08. The number of nitrogens with zero attached hydrogens (tertiary/aromatic N) is 6. The number of carbonyl (C=O) groups excluding carboxylic acids is 2. The van der Waals surface area contributed by atoms with E-state index in [9.17, 15) is 9.59 Å². The molecule has 1 fully saturated rings. The molecular formula is C21H18N6O4. The van der Waals surface area contributed by atoms with Crippen molar-refractivity contribution >= 4 is 17.5 Å². The second-order valence-electron chi connectivity index (χ2n) is 7.23. The third-order valence-corrected chi connectivity index (χ3v) is 5.34. The van der Waals surface area contributed by atoms with Crippen LogP contribution in [-0.4, -0.2) is 46.2 Å². The van der Waals surface area contributed by atoms with E-state index >= 15 is 0 Å². The minimum absolute atomic E-state index is 0.0685. The van der Waals surface area contributed by atoms with Crippen molar-refractivity contribution in [2.24, 2.45) is 10.3 Å². The number of anilines is 1. The van der Waals surface area contributed by atoms with Gasteiger partial charge in [0.15, 0.2) is 12.1 Å². The van der Waals surface area contributed by atoms with Crippen LogP contribution in [0.1, 0.15) is 11.5 Å². The van der Waals surface area contributed by atoms with E-state index in [-0.39, 0.29) is 12.4 Å².